The Morgan fingerprint density at radius 1 is 1.42 bits per heavy atom. The van der Waals surface area contributed by atoms with Crippen LogP contribution in [-0.2, 0) is 16.1 Å². The number of benzene rings is 1. The molecule has 0 fully saturated rings. The van der Waals surface area contributed by atoms with E-state index in [1.807, 2.05) is 43.9 Å². The number of rotatable bonds is 3. The minimum absolute atomic E-state index is 0.000972. The second kappa shape index (κ2) is 5.31. The Bertz CT molecular complexity index is 465. The number of hydrogen-bond donors (Lipinski definition) is 1. The number of fused-ring (bicyclic) bond motifs is 1. The van der Waals surface area contributed by atoms with Gasteiger partial charge in [-0.25, -0.2) is 0 Å². The van der Waals surface area contributed by atoms with Crippen molar-refractivity contribution in [2.45, 2.75) is 39.0 Å². The van der Waals surface area contributed by atoms with Gasteiger partial charge < -0.3 is 9.84 Å². The van der Waals surface area contributed by atoms with Crippen LogP contribution in [0.25, 0.3) is 0 Å². The van der Waals surface area contributed by atoms with Gasteiger partial charge in [-0.2, -0.15) is 0 Å². The molecular weight excluding hydrogens is 242 g/mol. The summed E-state index contributed by atoms with van der Waals surface area (Å²) in [6.45, 7) is 7.28. The molecule has 0 saturated heterocycles. The molecule has 104 valence electrons. The Morgan fingerprint density at radius 3 is 2.74 bits per heavy atom. The van der Waals surface area contributed by atoms with Crippen molar-refractivity contribution in [2.75, 3.05) is 13.2 Å². The highest BCUT2D eigenvalue weighted by atomic mass is 16.5. The summed E-state index contributed by atoms with van der Waals surface area (Å²) in [5.74, 6) is -0.807. The highest BCUT2D eigenvalue weighted by Gasteiger charge is 2.34. The molecule has 1 aromatic carbocycles. The van der Waals surface area contributed by atoms with E-state index in [9.17, 15) is 4.79 Å². The first-order valence-corrected chi connectivity index (χ1v) is 6.53. The third-order valence-corrected chi connectivity index (χ3v) is 3.49. The number of carboxylic acid groups (broad SMARTS) is 1. The molecular formula is C15H21NO3. The highest BCUT2D eigenvalue weighted by molar-refractivity contribution is 5.69. The third kappa shape index (κ3) is 3.14. The molecule has 1 N–H and O–H groups in total. The fourth-order valence-electron chi connectivity index (χ4n) is 2.58. The van der Waals surface area contributed by atoms with E-state index in [0.717, 1.165) is 5.56 Å². The summed E-state index contributed by atoms with van der Waals surface area (Å²) < 4.78 is 5.63. The number of carboxylic acids is 1. The lowest BCUT2D eigenvalue weighted by Gasteiger charge is -2.42. The van der Waals surface area contributed by atoms with E-state index in [1.54, 1.807) is 0 Å². The van der Waals surface area contributed by atoms with Crippen molar-refractivity contribution in [3.63, 3.8) is 0 Å². The Labute approximate surface area is 114 Å². The van der Waals surface area contributed by atoms with Crippen LogP contribution in [-0.4, -0.2) is 34.7 Å². The van der Waals surface area contributed by atoms with Gasteiger partial charge in [-0.05, 0) is 31.9 Å². The molecule has 0 aliphatic carbocycles. The Hall–Kier alpha value is -1.39. The van der Waals surface area contributed by atoms with Crippen molar-refractivity contribution in [2.24, 2.45) is 0 Å². The maximum Gasteiger partial charge on any atom is 0.317 e. The zero-order valence-electron chi connectivity index (χ0n) is 11.7. The Morgan fingerprint density at radius 2 is 2.11 bits per heavy atom. The molecule has 0 radical (unpaired) electrons. The first-order valence-electron chi connectivity index (χ1n) is 6.53. The van der Waals surface area contributed by atoms with Crippen molar-refractivity contribution in [1.82, 2.24) is 4.90 Å². The number of aliphatic carboxylic acids is 1. The van der Waals surface area contributed by atoms with Crippen LogP contribution >= 0.6 is 0 Å². The molecule has 1 unspecified atom stereocenters. The van der Waals surface area contributed by atoms with E-state index in [1.165, 1.54) is 5.56 Å². The van der Waals surface area contributed by atoms with Gasteiger partial charge in [0.1, 0.15) is 0 Å². The zero-order valence-corrected chi connectivity index (χ0v) is 11.7. The van der Waals surface area contributed by atoms with Crippen molar-refractivity contribution in [3.8, 4) is 0 Å². The van der Waals surface area contributed by atoms with E-state index in [-0.39, 0.29) is 18.1 Å². The summed E-state index contributed by atoms with van der Waals surface area (Å²) in [4.78, 5) is 13.1. The summed E-state index contributed by atoms with van der Waals surface area (Å²) in [5.41, 5.74) is 2.11. The molecule has 0 aromatic heterocycles. The van der Waals surface area contributed by atoms with Crippen LogP contribution in [0.2, 0.25) is 0 Å². The molecule has 4 heteroatoms. The second-order valence-corrected chi connectivity index (χ2v) is 5.92. The summed E-state index contributed by atoms with van der Waals surface area (Å²) in [6, 6.07) is 8.11. The maximum absolute atomic E-state index is 11.1. The molecule has 1 aliphatic heterocycles. The predicted molar refractivity (Wildman–Crippen MR) is 72.9 cm³/mol. The molecule has 2 rings (SSSR count). The fraction of sp³-hybridized carbons (Fsp3) is 0.533. The summed E-state index contributed by atoms with van der Waals surface area (Å²) >= 11 is 0. The average Bonchev–Trinajstić information content (AvgIpc) is 2.34. The zero-order chi connectivity index (χ0) is 14.0. The quantitative estimate of drug-likeness (QED) is 0.910. The summed E-state index contributed by atoms with van der Waals surface area (Å²) in [7, 11) is 0. The monoisotopic (exact) mass is 263 g/mol. The maximum atomic E-state index is 11.1. The van der Waals surface area contributed by atoms with Gasteiger partial charge in [0.25, 0.3) is 0 Å². The molecule has 1 heterocycles. The number of carbonyl (C=O) groups is 1. The van der Waals surface area contributed by atoms with Gasteiger partial charge >= 0.3 is 5.97 Å². The summed E-state index contributed by atoms with van der Waals surface area (Å²) in [6.07, 6.45) is 0. The summed E-state index contributed by atoms with van der Waals surface area (Å²) in [5, 5.41) is 9.14. The van der Waals surface area contributed by atoms with Crippen LogP contribution < -0.4 is 0 Å². The van der Waals surface area contributed by atoms with Crippen LogP contribution in [0.4, 0.5) is 0 Å². The highest BCUT2D eigenvalue weighted by Crippen LogP contribution is 2.33. The molecule has 0 amide bonds. The molecule has 0 bridgehead atoms. The van der Waals surface area contributed by atoms with Crippen molar-refractivity contribution < 1.29 is 14.6 Å². The van der Waals surface area contributed by atoms with Crippen LogP contribution in [0.5, 0.6) is 0 Å². The first kappa shape index (κ1) is 14.0. The van der Waals surface area contributed by atoms with Gasteiger partial charge in [-0.1, -0.05) is 24.3 Å². The average molecular weight is 263 g/mol. The molecule has 1 atom stereocenters. The smallest absolute Gasteiger partial charge is 0.317 e. The largest absolute Gasteiger partial charge is 0.480 e. The molecule has 1 aliphatic rings. The number of nitrogens with zero attached hydrogens (tertiary/aromatic N) is 1. The molecule has 4 nitrogen and oxygen atoms in total. The van der Waals surface area contributed by atoms with Crippen molar-refractivity contribution in [3.05, 3.63) is 35.4 Å². The number of hydrogen-bond acceptors (Lipinski definition) is 3. The molecule has 19 heavy (non-hydrogen) atoms. The van der Waals surface area contributed by atoms with Crippen molar-refractivity contribution in [1.29, 1.82) is 0 Å². The van der Waals surface area contributed by atoms with Crippen LogP contribution in [0.15, 0.2) is 24.3 Å². The lowest BCUT2D eigenvalue weighted by molar-refractivity contribution is -0.141. The Kier molecular flexibility index (Phi) is 3.92. The van der Waals surface area contributed by atoms with Gasteiger partial charge in [0.05, 0.1) is 25.8 Å². The standard InChI is InChI=1S/C15H21NO3/c1-15(2,3)16(8-14(17)18)13-10-19-9-11-6-4-5-7-12(11)13/h4-7,13H,8-10H2,1-3H3,(H,17,18). The Balaban J connectivity index is 2.36. The normalized spacial score (nSPS) is 19.3. The predicted octanol–water partition coefficient (Wildman–Crippen LogP) is 2.44. The van der Waals surface area contributed by atoms with E-state index < -0.39 is 5.97 Å². The molecule has 0 spiro atoms. The van der Waals surface area contributed by atoms with E-state index >= 15 is 0 Å². The first-order chi connectivity index (χ1) is 8.89. The van der Waals surface area contributed by atoms with Crippen molar-refractivity contribution >= 4 is 5.97 Å². The minimum Gasteiger partial charge on any atom is -0.480 e. The van der Waals surface area contributed by atoms with Crippen LogP contribution in [0.1, 0.15) is 37.9 Å². The van der Waals surface area contributed by atoms with Crippen LogP contribution in [0.3, 0.4) is 0 Å². The lowest BCUT2D eigenvalue weighted by atomic mass is 9.93. The topological polar surface area (TPSA) is 49.8 Å². The van der Waals surface area contributed by atoms with Gasteiger partial charge in [-0.15, -0.1) is 0 Å². The minimum atomic E-state index is -0.807. The lowest BCUT2D eigenvalue weighted by Crippen LogP contribution is -2.48. The molecule has 1 aromatic rings. The van der Waals surface area contributed by atoms with E-state index in [2.05, 4.69) is 6.07 Å². The van der Waals surface area contributed by atoms with Crippen LogP contribution in [0, 0.1) is 0 Å². The van der Waals surface area contributed by atoms with Gasteiger partial charge in [0, 0.05) is 5.54 Å². The van der Waals surface area contributed by atoms with Gasteiger partial charge in [-0.3, -0.25) is 9.69 Å². The van der Waals surface area contributed by atoms with Gasteiger partial charge in [0.2, 0.25) is 0 Å². The van der Waals surface area contributed by atoms with E-state index in [0.29, 0.717) is 13.2 Å². The second-order valence-electron chi connectivity index (χ2n) is 5.92. The SMILES string of the molecule is CC(C)(C)N(CC(=O)O)C1COCc2ccccc21. The third-order valence-electron chi connectivity index (χ3n) is 3.49. The van der Waals surface area contributed by atoms with Gasteiger partial charge in [0.15, 0.2) is 0 Å². The molecule has 0 saturated carbocycles. The van der Waals surface area contributed by atoms with E-state index in [4.69, 9.17) is 9.84 Å². The number of ether oxygens (including phenoxy) is 1. The fourth-order valence-corrected chi connectivity index (χ4v) is 2.58.